The highest BCUT2D eigenvalue weighted by molar-refractivity contribution is 6.61. The van der Waals surface area contributed by atoms with Crippen LogP contribution in [0.1, 0.15) is 72.0 Å². The van der Waals surface area contributed by atoms with Gasteiger partial charge in [-0.15, -0.1) is 0 Å². The summed E-state index contributed by atoms with van der Waals surface area (Å²) in [6, 6.07) is 6.50. The number of fused-ring (bicyclic) bond motifs is 1. The minimum Gasteiger partial charge on any atom is -0.423 e. The molecule has 0 unspecified atom stereocenters. The summed E-state index contributed by atoms with van der Waals surface area (Å²) in [6.07, 6.45) is 0.622. The molecule has 2 N–H and O–H groups in total. The van der Waals surface area contributed by atoms with E-state index in [0.717, 1.165) is 5.56 Å². The molecule has 0 spiro atoms. The Bertz CT molecular complexity index is 985. The zero-order chi connectivity index (χ0) is 22.9. The van der Waals surface area contributed by atoms with Crippen LogP contribution in [0.3, 0.4) is 0 Å². The zero-order valence-corrected chi connectivity index (χ0v) is 18.9. The molecule has 2 aromatic rings. The SMILES string of the molecule is CC[C@@H](N(NC(=O)c1ccc2c(c1)B(O)OC2)C(=O)c1nc(C)cc(C)n1)C(C)(C)C. The van der Waals surface area contributed by atoms with Crippen molar-refractivity contribution in [2.24, 2.45) is 5.41 Å². The smallest absolute Gasteiger partial charge is 0.423 e. The Kier molecular flexibility index (Phi) is 6.47. The summed E-state index contributed by atoms with van der Waals surface area (Å²) in [5, 5.41) is 11.3. The topological polar surface area (TPSA) is 105 Å². The maximum atomic E-state index is 13.4. The second kappa shape index (κ2) is 8.76. The molecule has 1 aliphatic heterocycles. The van der Waals surface area contributed by atoms with Crippen LogP contribution in [0.5, 0.6) is 0 Å². The molecule has 0 radical (unpaired) electrons. The first-order chi connectivity index (χ1) is 14.5. The Labute approximate surface area is 183 Å². The highest BCUT2D eigenvalue weighted by atomic mass is 16.5. The number of benzene rings is 1. The summed E-state index contributed by atoms with van der Waals surface area (Å²) < 4.78 is 5.20. The Morgan fingerprint density at radius 2 is 1.87 bits per heavy atom. The van der Waals surface area contributed by atoms with Crippen molar-refractivity contribution in [1.29, 1.82) is 0 Å². The predicted molar refractivity (Wildman–Crippen MR) is 118 cm³/mol. The van der Waals surface area contributed by atoms with E-state index in [1.165, 1.54) is 5.01 Å². The summed E-state index contributed by atoms with van der Waals surface area (Å²) in [6.45, 7) is 11.9. The number of hydrogen-bond donors (Lipinski definition) is 2. The van der Waals surface area contributed by atoms with Gasteiger partial charge >= 0.3 is 13.0 Å². The Balaban J connectivity index is 1.96. The maximum absolute atomic E-state index is 13.4. The lowest BCUT2D eigenvalue weighted by atomic mass is 9.79. The Morgan fingerprint density at radius 3 is 2.45 bits per heavy atom. The van der Waals surface area contributed by atoms with Gasteiger partial charge in [-0.1, -0.05) is 33.8 Å². The lowest BCUT2D eigenvalue weighted by Gasteiger charge is -2.39. The summed E-state index contributed by atoms with van der Waals surface area (Å²) in [4.78, 5) is 35.1. The molecule has 9 heteroatoms. The summed E-state index contributed by atoms with van der Waals surface area (Å²) in [7, 11) is -1.05. The van der Waals surface area contributed by atoms with Gasteiger partial charge in [0.05, 0.1) is 12.6 Å². The van der Waals surface area contributed by atoms with Crippen LogP contribution in [0.25, 0.3) is 0 Å². The van der Waals surface area contributed by atoms with Crippen LogP contribution >= 0.6 is 0 Å². The van der Waals surface area contributed by atoms with E-state index in [1.54, 1.807) is 38.1 Å². The highest BCUT2D eigenvalue weighted by Gasteiger charge is 2.36. The van der Waals surface area contributed by atoms with Crippen LogP contribution in [0, 0.1) is 19.3 Å². The molecule has 0 fully saturated rings. The van der Waals surface area contributed by atoms with Gasteiger partial charge < -0.3 is 9.68 Å². The van der Waals surface area contributed by atoms with Crippen molar-refractivity contribution < 1.29 is 19.3 Å². The molecule has 1 aliphatic rings. The molecule has 0 aliphatic carbocycles. The van der Waals surface area contributed by atoms with E-state index in [1.807, 2.05) is 27.7 Å². The number of carbonyl (C=O) groups is 2. The van der Waals surface area contributed by atoms with Crippen molar-refractivity contribution >= 4 is 24.4 Å². The number of aromatic nitrogens is 2. The molecule has 1 aromatic carbocycles. The van der Waals surface area contributed by atoms with Crippen molar-refractivity contribution in [1.82, 2.24) is 20.4 Å². The average molecular weight is 424 g/mol. The molecule has 0 saturated carbocycles. The molecular weight excluding hydrogens is 395 g/mol. The van der Waals surface area contributed by atoms with Crippen molar-refractivity contribution in [2.45, 2.75) is 60.6 Å². The predicted octanol–water partition coefficient (Wildman–Crippen LogP) is 1.92. The van der Waals surface area contributed by atoms with Crippen molar-refractivity contribution in [3.63, 3.8) is 0 Å². The number of hydrogen-bond acceptors (Lipinski definition) is 6. The summed E-state index contributed by atoms with van der Waals surface area (Å²) in [5.74, 6) is -0.882. The first-order valence-electron chi connectivity index (χ1n) is 10.4. The zero-order valence-electron chi connectivity index (χ0n) is 18.9. The van der Waals surface area contributed by atoms with Crippen LogP contribution in [0.4, 0.5) is 0 Å². The molecule has 8 nitrogen and oxygen atoms in total. The third-order valence-corrected chi connectivity index (χ3v) is 5.38. The van der Waals surface area contributed by atoms with E-state index in [-0.39, 0.29) is 17.3 Å². The summed E-state index contributed by atoms with van der Waals surface area (Å²) >= 11 is 0. The van der Waals surface area contributed by atoms with Gasteiger partial charge in [0.15, 0.2) is 0 Å². The number of nitrogens with one attached hydrogen (secondary N) is 1. The van der Waals surface area contributed by atoms with Gasteiger partial charge in [-0.2, -0.15) is 0 Å². The fourth-order valence-corrected chi connectivity index (χ4v) is 3.91. The van der Waals surface area contributed by atoms with Crippen molar-refractivity contribution in [3.05, 3.63) is 52.6 Å². The molecule has 164 valence electrons. The molecule has 2 amide bonds. The fraction of sp³-hybridized carbons (Fsp3) is 0.455. The lowest BCUT2D eigenvalue weighted by molar-refractivity contribution is 0.0275. The number of carbonyl (C=O) groups excluding carboxylic acids is 2. The van der Waals surface area contributed by atoms with Gasteiger partial charge in [0.1, 0.15) is 0 Å². The van der Waals surface area contributed by atoms with E-state index < -0.39 is 18.9 Å². The van der Waals surface area contributed by atoms with Crippen molar-refractivity contribution in [2.75, 3.05) is 0 Å². The minimum atomic E-state index is -1.05. The number of aryl methyl sites for hydroxylation is 2. The Hall–Kier alpha value is -2.78. The van der Waals surface area contributed by atoms with E-state index in [4.69, 9.17) is 4.65 Å². The van der Waals surface area contributed by atoms with Crippen LogP contribution in [0.15, 0.2) is 24.3 Å². The van der Waals surface area contributed by atoms with Gasteiger partial charge in [-0.25, -0.2) is 15.0 Å². The monoisotopic (exact) mass is 424 g/mol. The second-order valence-corrected chi connectivity index (χ2v) is 8.96. The van der Waals surface area contributed by atoms with Crippen LogP contribution in [-0.2, 0) is 11.3 Å². The van der Waals surface area contributed by atoms with E-state index in [0.29, 0.717) is 35.4 Å². The average Bonchev–Trinajstić information content (AvgIpc) is 3.05. The van der Waals surface area contributed by atoms with Gasteiger partial charge in [-0.3, -0.25) is 15.0 Å². The number of hydrazine groups is 1. The summed E-state index contributed by atoms with van der Waals surface area (Å²) in [5.41, 5.74) is 5.55. The minimum absolute atomic E-state index is 0.0401. The van der Waals surface area contributed by atoms with Crippen LogP contribution < -0.4 is 10.9 Å². The first kappa shape index (κ1) is 22.9. The van der Waals surface area contributed by atoms with Crippen LogP contribution in [0.2, 0.25) is 0 Å². The molecule has 31 heavy (non-hydrogen) atoms. The lowest BCUT2D eigenvalue weighted by Crippen LogP contribution is -2.56. The normalized spacial score (nSPS) is 14.2. The van der Waals surface area contributed by atoms with E-state index >= 15 is 0 Å². The number of rotatable bonds is 4. The van der Waals surface area contributed by atoms with E-state index in [2.05, 4.69) is 15.4 Å². The molecule has 0 saturated heterocycles. The van der Waals surface area contributed by atoms with Gasteiger partial charge in [-0.05, 0) is 54.9 Å². The molecule has 3 rings (SSSR count). The quantitative estimate of drug-likeness (QED) is 0.574. The molecule has 1 aromatic heterocycles. The van der Waals surface area contributed by atoms with Gasteiger partial charge in [0.25, 0.3) is 5.91 Å². The van der Waals surface area contributed by atoms with Gasteiger partial charge in [0, 0.05) is 17.0 Å². The largest absolute Gasteiger partial charge is 0.491 e. The van der Waals surface area contributed by atoms with Gasteiger partial charge in [0.2, 0.25) is 5.82 Å². The van der Waals surface area contributed by atoms with Crippen molar-refractivity contribution in [3.8, 4) is 0 Å². The standard InChI is InChI=1S/C22H29BN4O4/c1-7-18(22(4,5)6)27(21(29)19-24-13(2)10-14(3)25-19)26-20(28)15-8-9-16-12-31-23(30)17(16)11-15/h8-11,18,30H,7,12H2,1-6H3,(H,26,28)/t18-/m1/s1. The second-order valence-electron chi connectivity index (χ2n) is 8.96. The first-order valence-corrected chi connectivity index (χ1v) is 10.4. The number of amides is 2. The van der Waals surface area contributed by atoms with E-state index in [9.17, 15) is 14.6 Å². The fourth-order valence-electron chi connectivity index (χ4n) is 3.91. The molecular formula is C22H29BN4O4. The highest BCUT2D eigenvalue weighted by Crippen LogP contribution is 2.27. The molecule has 2 heterocycles. The van der Waals surface area contributed by atoms with Crippen LogP contribution in [-0.4, -0.2) is 45.0 Å². The maximum Gasteiger partial charge on any atom is 0.491 e. The third kappa shape index (κ3) is 4.94. The molecule has 1 atom stereocenters. The molecule has 0 bridgehead atoms. The number of nitrogens with zero attached hydrogens (tertiary/aromatic N) is 3. The Morgan fingerprint density at radius 1 is 1.23 bits per heavy atom. The third-order valence-electron chi connectivity index (χ3n) is 5.38.